The van der Waals surface area contributed by atoms with E-state index in [1.807, 2.05) is 18.5 Å². The van der Waals surface area contributed by atoms with Crippen molar-refractivity contribution in [2.75, 3.05) is 18.8 Å². The van der Waals surface area contributed by atoms with Crippen molar-refractivity contribution in [3.63, 3.8) is 0 Å². The first-order valence-electron chi connectivity index (χ1n) is 8.51. The predicted molar refractivity (Wildman–Crippen MR) is 105 cm³/mol. The monoisotopic (exact) mass is 386 g/mol. The Morgan fingerprint density at radius 1 is 1.15 bits per heavy atom. The molecule has 1 amide bonds. The molecule has 1 aromatic heterocycles. The second-order valence-corrected chi connectivity index (χ2v) is 8.44. The molecule has 142 valence electrons. The molecule has 8 heteroatoms. The molecular formula is C19H22N4O3S. The van der Waals surface area contributed by atoms with Gasteiger partial charge in [-0.25, -0.2) is 8.42 Å². The normalized spacial score (nSPS) is 11.7. The van der Waals surface area contributed by atoms with Gasteiger partial charge in [-0.15, -0.1) is 0 Å². The lowest BCUT2D eigenvalue weighted by atomic mass is 10.1. The summed E-state index contributed by atoms with van der Waals surface area (Å²) in [5.74, 6) is -0.276. The second kappa shape index (κ2) is 7.03. The average molecular weight is 386 g/mol. The van der Waals surface area contributed by atoms with Gasteiger partial charge in [0.15, 0.2) is 0 Å². The van der Waals surface area contributed by atoms with E-state index in [1.165, 1.54) is 4.90 Å². The predicted octanol–water partition coefficient (Wildman–Crippen LogP) is 3.12. The molecular weight excluding hydrogens is 364 g/mol. The molecule has 0 aliphatic heterocycles. The van der Waals surface area contributed by atoms with Crippen molar-refractivity contribution in [1.29, 1.82) is 0 Å². The lowest BCUT2D eigenvalue weighted by molar-refractivity contribution is 0.0828. The summed E-state index contributed by atoms with van der Waals surface area (Å²) in [6, 6.07) is 11.6. The number of aromatic nitrogens is 2. The maximum absolute atomic E-state index is 12.9. The minimum Gasteiger partial charge on any atom is -0.345 e. The van der Waals surface area contributed by atoms with E-state index in [-0.39, 0.29) is 22.5 Å². The van der Waals surface area contributed by atoms with Crippen LogP contribution in [0.3, 0.4) is 0 Å². The highest BCUT2D eigenvalue weighted by molar-refractivity contribution is 7.92. The Morgan fingerprint density at radius 2 is 1.85 bits per heavy atom. The molecule has 0 saturated carbocycles. The molecule has 0 atom stereocenters. The number of amides is 1. The summed E-state index contributed by atoms with van der Waals surface area (Å²) in [6.45, 7) is 4.02. The SMILES string of the molecule is CC(C)n1ncc2cc(S(=O)(=O)Nc3ccccc3C(=O)N(C)C)ccc21. The number of nitrogens with zero attached hydrogens (tertiary/aromatic N) is 3. The molecule has 0 saturated heterocycles. The van der Waals surface area contributed by atoms with Gasteiger partial charge in [0.05, 0.1) is 27.9 Å². The van der Waals surface area contributed by atoms with Crippen LogP contribution in [0.5, 0.6) is 0 Å². The Kier molecular flexibility index (Phi) is 4.93. The summed E-state index contributed by atoms with van der Waals surface area (Å²) >= 11 is 0. The fraction of sp³-hybridized carbons (Fsp3) is 0.263. The van der Waals surface area contributed by atoms with Gasteiger partial charge in [-0.1, -0.05) is 12.1 Å². The topological polar surface area (TPSA) is 84.3 Å². The lowest BCUT2D eigenvalue weighted by Crippen LogP contribution is -2.24. The molecule has 0 aliphatic carbocycles. The van der Waals surface area contributed by atoms with Gasteiger partial charge < -0.3 is 4.90 Å². The lowest BCUT2D eigenvalue weighted by Gasteiger charge is -2.15. The number of fused-ring (bicyclic) bond motifs is 1. The van der Waals surface area contributed by atoms with Crippen molar-refractivity contribution in [2.24, 2.45) is 0 Å². The number of nitrogens with one attached hydrogen (secondary N) is 1. The smallest absolute Gasteiger partial charge is 0.261 e. The zero-order valence-corrected chi connectivity index (χ0v) is 16.5. The summed E-state index contributed by atoms with van der Waals surface area (Å²) in [5.41, 5.74) is 1.40. The number of anilines is 1. The van der Waals surface area contributed by atoms with Gasteiger partial charge in [0.1, 0.15) is 0 Å². The molecule has 2 aromatic carbocycles. The van der Waals surface area contributed by atoms with Crippen LogP contribution in [-0.2, 0) is 10.0 Å². The Hall–Kier alpha value is -2.87. The highest BCUT2D eigenvalue weighted by Crippen LogP contribution is 2.25. The van der Waals surface area contributed by atoms with Crippen LogP contribution < -0.4 is 4.72 Å². The second-order valence-electron chi connectivity index (χ2n) is 6.75. The zero-order valence-electron chi connectivity index (χ0n) is 15.7. The third kappa shape index (κ3) is 3.66. The third-order valence-corrected chi connectivity index (χ3v) is 5.54. The molecule has 7 nitrogen and oxygen atoms in total. The van der Waals surface area contributed by atoms with Crippen LogP contribution in [-0.4, -0.2) is 43.1 Å². The standard InChI is InChI=1S/C19H22N4O3S/c1-13(2)23-18-10-9-15(11-14(18)12-20-23)27(25,26)21-17-8-6-5-7-16(17)19(24)22(3)4/h5-13,21H,1-4H3. The molecule has 0 bridgehead atoms. The van der Waals surface area contributed by atoms with Gasteiger partial charge in [0.2, 0.25) is 0 Å². The number of rotatable bonds is 5. The molecule has 0 radical (unpaired) electrons. The van der Waals surface area contributed by atoms with Crippen molar-refractivity contribution in [3.8, 4) is 0 Å². The Morgan fingerprint density at radius 3 is 2.52 bits per heavy atom. The molecule has 0 unspecified atom stereocenters. The highest BCUT2D eigenvalue weighted by atomic mass is 32.2. The molecule has 1 N–H and O–H groups in total. The number of carbonyl (C=O) groups excluding carboxylic acids is 1. The van der Waals surface area contributed by atoms with Gasteiger partial charge in [0, 0.05) is 25.5 Å². The largest absolute Gasteiger partial charge is 0.345 e. The molecule has 0 spiro atoms. The maximum atomic E-state index is 12.9. The quantitative estimate of drug-likeness (QED) is 0.730. The summed E-state index contributed by atoms with van der Waals surface area (Å²) in [4.78, 5) is 13.8. The fourth-order valence-electron chi connectivity index (χ4n) is 2.81. The van der Waals surface area contributed by atoms with Crippen LogP contribution in [0, 0.1) is 0 Å². The van der Waals surface area contributed by atoms with Gasteiger partial charge >= 0.3 is 0 Å². The fourth-order valence-corrected chi connectivity index (χ4v) is 3.93. The van der Waals surface area contributed by atoms with Crippen molar-refractivity contribution in [3.05, 3.63) is 54.2 Å². The summed E-state index contributed by atoms with van der Waals surface area (Å²) in [5, 5.41) is 5.05. The van der Waals surface area contributed by atoms with Crippen LogP contribution in [0.4, 0.5) is 5.69 Å². The van der Waals surface area contributed by atoms with Crippen LogP contribution in [0.1, 0.15) is 30.2 Å². The van der Waals surface area contributed by atoms with Crippen LogP contribution in [0.2, 0.25) is 0 Å². The molecule has 3 aromatic rings. The van der Waals surface area contributed by atoms with E-state index in [0.29, 0.717) is 5.56 Å². The summed E-state index contributed by atoms with van der Waals surface area (Å²) < 4.78 is 30.1. The average Bonchev–Trinajstić information content (AvgIpc) is 3.04. The van der Waals surface area contributed by atoms with Gasteiger partial charge in [-0.3, -0.25) is 14.2 Å². The third-order valence-electron chi connectivity index (χ3n) is 4.17. The van der Waals surface area contributed by atoms with E-state index >= 15 is 0 Å². The molecule has 0 fully saturated rings. The van der Waals surface area contributed by atoms with E-state index < -0.39 is 10.0 Å². The minimum absolute atomic E-state index is 0.116. The van der Waals surface area contributed by atoms with E-state index in [1.54, 1.807) is 62.8 Å². The molecule has 3 rings (SSSR count). The van der Waals surface area contributed by atoms with Crippen molar-refractivity contribution < 1.29 is 13.2 Å². The first-order valence-corrected chi connectivity index (χ1v) is 10.00. The summed E-state index contributed by atoms with van der Waals surface area (Å²) in [7, 11) is -0.617. The first kappa shape index (κ1) is 18.9. The number of hydrogen-bond donors (Lipinski definition) is 1. The number of para-hydroxylation sites is 1. The van der Waals surface area contributed by atoms with E-state index in [2.05, 4.69) is 9.82 Å². The van der Waals surface area contributed by atoms with E-state index in [4.69, 9.17) is 0 Å². The van der Waals surface area contributed by atoms with Crippen molar-refractivity contribution in [2.45, 2.75) is 24.8 Å². The van der Waals surface area contributed by atoms with Crippen molar-refractivity contribution in [1.82, 2.24) is 14.7 Å². The molecule has 27 heavy (non-hydrogen) atoms. The van der Waals surface area contributed by atoms with Crippen LogP contribution >= 0.6 is 0 Å². The minimum atomic E-state index is -3.86. The zero-order chi connectivity index (χ0) is 19.8. The number of carbonyl (C=O) groups is 1. The van der Waals surface area contributed by atoms with Gasteiger partial charge in [-0.2, -0.15) is 5.10 Å². The van der Waals surface area contributed by atoms with Gasteiger partial charge in [0.25, 0.3) is 15.9 Å². The summed E-state index contributed by atoms with van der Waals surface area (Å²) in [6.07, 6.45) is 1.65. The molecule has 0 aliphatic rings. The maximum Gasteiger partial charge on any atom is 0.261 e. The van der Waals surface area contributed by atoms with Crippen molar-refractivity contribution >= 4 is 32.5 Å². The first-order chi connectivity index (χ1) is 12.7. The Labute approximate surface area is 158 Å². The van der Waals surface area contributed by atoms with Crippen LogP contribution in [0.25, 0.3) is 10.9 Å². The Bertz CT molecular complexity index is 1100. The Balaban J connectivity index is 1.99. The number of hydrogen-bond acceptors (Lipinski definition) is 4. The molecule has 1 heterocycles. The van der Waals surface area contributed by atoms with Gasteiger partial charge in [-0.05, 0) is 44.2 Å². The van der Waals surface area contributed by atoms with E-state index in [0.717, 1.165) is 10.9 Å². The number of sulfonamides is 1. The van der Waals surface area contributed by atoms with E-state index in [9.17, 15) is 13.2 Å². The number of benzene rings is 2. The highest BCUT2D eigenvalue weighted by Gasteiger charge is 2.20. The van der Waals surface area contributed by atoms with Crippen LogP contribution in [0.15, 0.2) is 53.6 Å².